The van der Waals surface area contributed by atoms with Crippen LogP contribution < -0.4 is 0 Å². The number of benzene rings is 3. The van der Waals surface area contributed by atoms with E-state index >= 15 is 0 Å². The molecular formula is C21H14N2S. The van der Waals surface area contributed by atoms with Gasteiger partial charge in [-0.15, -0.1) is 0 Å². The van der Waals surface area contributed by atoms with Crippen molar-refractivity contribution in [3.05, 3.63) is 85.1 Å². The highest BCUT2D eigenvalue weighted by molar-refractivity contribution is 7.23. The zero-order valence-electron chi connectivity index (χ0n) is 12.9. The molecule has 0 bridgehead atoms. The standard InChI is InChI=1S/C21H14N2S/c1-2-6-15(7-3-1)16-10-12-17(13-11-16)18-14-23-19-8-4-5-9-20(19)24-21(23)22-18/h1-14H. The van der Waals surface area contributed by atoms with Gasteiger partial charge in [0.1, 0.15) is 0 Å². The molecule has 0 aliphatic rings. The molecule has 2 aromatic heterocycles. The third-order valence-electron chi connectivity index (χ3n) is 4.29. The molecule has 5 aromatic rings. The van der Waals surface area contributed by atoms with Gasteiger partial charge in [-0.1, -0.05) is 78.1 Å². The van der Waals surface area contributed by atoms with Crippen molar-refractivity contribution in [1.29, 1.82) is 0 Å². The first-order chi connectivity index (χ1) is 11.9. The van der Waals surface area contributed by atoms with E-state index in [1.807, 2.05) is 6.07 Å². The molecule has 3 aromatic carbocycles. The smallest absolute Gasteiger partial charge is 0.195 e. The molecule has 0 radical (unpaired) electrons. The van der Waals surface area contributed by atoms with Gasteiger partial charge in [0.2, 0.25) is 0 Å². The lowest BCUT2D eigenvalue weighted by molar-refractivity contribution is 1.30. The fourth-order valence-corrected chi connectivity index (χ4v) is 4.06. The normalized spacial score (nSPS) is 11.3. The van der Waals surface area contributed by atoms with Crippen molar-refractivity contribution in [1.82, 2.24) is 9.38 Å². The van der Waals surface area contributed by atoms with Crippen molar-refractivity contribution in [2.45, 2.75) is 0 Å². The summed E-state index contributed by atoms with van der Waals surface area (Å²) in [5.74, 6) is 0. The molecule has 0 atom stereocenters. The molecule has 0 fully saturated rings. The molecule has 0 spiro atoms. The van der Waals surface area contributed by atoms with Gasteiger partial charge in [0.05, 0.1) is 15.9 Å². The van der Waals surface area contributed by atoms with Gasteiger partial charge in [0.15, 0.2) is 4.96 Å². The fourth-order valence-electron chi connectivity index (χ4n) is 3.05. The second-order valence-electron chi connectivity index (χ2n) is 5.79. The number of rotatable bonds is 2. The SMILES string of the molecule is c1ccc(-c2ccc(-c3cn4c(n3)sc3ccccc34)cc2)cc1. The van der Waals surface area contributed by atoms with E-state index in [9.17, 15) is 0 Å². The third-order valence-corrected chi connectivity index (χ3v) is 5.32. The summed E-state index contributed by atoms with van der Waals surface area (Å²) in [5, 5.41) is 0. The molecule has 24 heavy (non-hydrogen) atoms. The quantitative estimate of drug-likeness (QED) is 0.396. The molecule has 0 saturated carbocycles. The number of fused-ring (bicyclic) bond motifs is 3. The molecular weight excluding hydrogens is 312 g/mol. The van der Waals surface area contributed by atoms with E-state index in [1.165, 1.54) is 21.3 Å². The van der Waals surface area contributed by atoms with Gasteiger partial charge in [0.25, 0.3) is 0 Å². The van der Waals surface area contributed by atoms with Crippen molar-refractivity contribution in [3.63, 3.8) is 0 Å². The van der Waals surface area contributed by atoms with Crippen LogP contribution in [-0.2, 0) is 0 Å². The minimum atomic E-state index is 1.02. The number of nitrogens with zero attached hydrogens (tertiary/aromatic N) is 2. The molecule has 0 N–H and O–H groups in total. The van der Waals surface area contributed by atoms with Crippen LogP contribution in [0.15, 0.2) is 85.1 Å². The third kappa shape index (κ3) is 2.14. The predicted molar refractivity (Wildman–Crippen MR) is 101 cm³/mol. The van der Waals surface area contributed by atoms with Crippen LogP contribution in [0.3, 0.4) is 0 Å². The van der Waals surface area contributed by atoms with E-state index in [1.54, 1.807) is 11.3 Å². The van der Waals surface area contributed by atoms with Gasteiger partial charge in [-0.3, -0.25) is 4.40 Å². The van der Waals surface area contributed by atoms with E-state index in [0.29, 0.717) is 0 Å². The molecule has 2 heterocycles. The van der Waals surface area contributed by atoms with Crippen LogP contribution in [0.4, 0.5) is 0 Å². The topological polar surface area (TPSA) is 17.3 Å². The van der Waals surface area contributed by atoms with Gasteiger partial charge in [-0.2, -0.15) is 0 Å². The highest BCUT2D eigenvalue weighted by Gasteiger charge is 2.09. The molecule has 0 aliphatic carbocycles. The second-order valence-corrected chi connectivity index (χ2v) is 6.80. The number of hydrogen-bond acceptors (Lipinski definition) is 2. The summed E-state index contributed by atoms with van der Waals surface area (Å²) in [6, 6.07) is 27.5. The zero-order valence-corrected chi connectivity index (χ0v) is 13.7. The van der Waals surface area contributed by atoms with E-state index in [2.05, 4.69) is 83.4 Å². The monoisotopic (exact) mass is 326 g/mol. The lowest BCUT2D eigenvalue weighted by atomic mass is 10.0. The predicted octanol–water partition coefficient (Wildman–Crippen LogP) is 5.88. The van der Waals surface area contributed by atoms with Crippen LogP contribution in [0, 0.1) is 0 Å². The van der Waals surface area contributed by atoms with Crippen molar-refractivity contribution in [3.8, 4) is 22.4 Å². The number of thiazole rings is 1. The lowest BCUT2D eigenvalue weighted by Gasteiger charge is -2.02. The van der Waals surface area contributed by atoms with Gasteiger partial charge >= 0.3 is 0 Å². The summed E-state index contributed by atoms with van der Waals surface area (Å²) in [7, 11) is 0. The molecule has 0 aliphatic heterocycles. The Balaban J connectivity index is 1.57. The maximum absolute atomic E-state index is 4.80. The van der Waals surface area contributed by atoms with Crippen molar-refractivity contribution >= 4 is 26.5 Å². The van der Waals surface area contributed by atoms with Gasteiger partial charge in [-0.05, 0) is 23.3 Å². The molecule has 3 heteroatoms. The zero-order chi connectivity index (χ0) is 15.9. The lowest BCUT2D eigenvalue weighted by Crippen LogP contribution is -1.80. The number of para-hydroxylation sites is 1. The molecule has 114 valence electrons. The van der Waals surface area contributed by atoms with Crippen LogP contribution in [-0.4, -0.2) is 9.38 Å². The summed E-state index contributed by atoms with van der Waals surface area (Å²) >= 11 is 1.73. The van der Waals surface area contributed by atoms with E-state index < -0.39 is 0 Å². The van der Waals surface area contributed by atoms with Gasteiger partial charge in [0, 0.05) is 11.8 Å². The van der Waals surface area contributed by atoms with Crippen LogP contribution in [0.2, 0.25) is 0 Å². The van der Waals surface area contributed by atoms with E-state index in [-0.39, 0.29) is 0 Å². The Hall–Kier alpha value is -2.91. The Morgan fingerprint density at radius 3 is 2.17 bits per heavy atom. The molecule has 0 unspecified atom stereocenters. The Kier molecular flexibility index (Phi) is 3.00. The average molecular weight is 326 g/mol. The van der Waals surface area contributed by atoms with Crippen molar-refractivity contribution < 1.29 is 0 Å². The van der Waals surface area contributed by atoms with Crippen molar-refractivity contribution in [2.24, 2.45) is 0 Å². The summed E-state index contributed by atoms with van der Waals surface area (Å²) in [6.45, 7) is 0. The summed E-state index contributed by atoms with van der Waals surface area (Å²) in [5.41, 5.74) is 5.85. The number of hydrogen-bond donors (Lipinski definition) is 0. The van der Waals surface area contributed by atoms with E-state index in [0.717, 1.165) is 16.2 Å². The molecule has 2 nitrogen and oxygen atoms in total. The second kappa shape index (κ2) is 5.32. The highest BCUT2D eigenvalue weighted by Crippen LogP contribution is 2.30. The highest BCUT2D eigenvalue weighted by atomic mass is 32.1. The van der Waals surface area contributed by atoms with Gasteiger partial charge in [-0.25, -0.2) is 4.98 Å². The van der Waals surface area contributed by atoms with Crippen LogP contribution in [0.1, 0.15) is 0 Å². The first-order valence-corrected chi connectivity index (χ1v) is 8.73. The minimum Gasteiger partial charge on any atom is -0.290 e. The maximum atomic E-state index is 4.80. The van der Waals surface area contributed by atoms with E-state index in [4.69, 9.17) is 4.98 Å². The Labute approximate surface area is 143 Å². The molecule has 5 rings (SSSR count). The van der Waals surface area contributed by atoms with Crippen LogP contribution in [0.5, 0.6) is 0 Å². The van der Waals surface area contributed by atoms with Crippen LogP contribution >= 0.6 is 11.3 Å². The Morgan fingerprint density at radius 2 is 1.33 bits per heavy atom. The Morgan fingerprint density at radius 1 is 0.667 bits per heavy atom. The maximum Gasteiger partial charge on any atom is 0.195 e. The van der Waals surface area contributed by atoms with Crippen LogP contribution in [0.25, 0.3) is 37.6 Å². The molecule has 0 amide bonds. The van der Waals surface area contributed by atoms with Crippen molar-refractivity contribution in [2.75, 3.05) is 0 Å². The number of aromatic nitrogens is 2. The number of imidazole rings is 1. The summed E-state index contributed by atoms with van der Waals surface area (Å²) in [4.78, 5) is 5.84. The fraction of sp³-hybridized carbons (Fsp3) is 0. The molecule has 0 saturated heterocycles. The summed E-state index contributed by atoms with van der Waals surface area (Å²) in [6.07, 6.45) is 2.13. The Bertz CT molecular complexity index is 1140. The first kappa shape index (κ1) is 13.5. The average Bonchev–Trinajstić information content (AvgIpc) is 3.21. The summed E-state index contributed by atoms with van der Waals surface area (Å²) < 4.78 is 3.45. The first-order valence-electron chi connectivity index (χ1n) is 7.91. The largest absolute Gasteiger partial charge is 0.290 e. The minimum absolute atomic E-state index is 1.02. The van der Waals surface area contributed by atoms with Gasteiger partial charge < -0.3 is 0 Å².